The molecule has 1 saturated heterocycles. The number of piperidine rings is 1. The van der Waals surface area contributed by atoms with Crippen molar-refractivity contribution in [1.29, 1.82) is 0 Å². The molecular formula is C17H19N5O3. The van der Waals surface area contributed by atoms with Gasteiger partial charge in [-0.2, -0.15) is 5.10 Å². The number of nitrogens with one attached hydrogen (secondary N) is 1. The van der Waals surface area contributed by atoms with Gasteiger partial charge in [-0.15, -0.1) is 0 Å². The first-order valence-electron chi connectivity index (χ1n) is 8.32. The zero-order valence-electron chi connectivity index (χ0n) is 13.6. The van der Waals surface area contributed by atoms with Crippen LogP contribution in [0.3, 0.4) is 0 Å². The number of carboxylic acid groups (broad SMARTS) is 1. The average Bonchev–Trinajstić information content (AvgIpc) is 3.06. The molecule has 25 heavy (non-hydrogen) atoms. The van der Waals surface area contributed by atoms with Crippen molar-refractivity contribution in [3.63, 3.8) is 0 Å². The Bertz CT molecular complexity index is 779. The minimum absolute atomic E-state index is 0.00239. The molecule has 2 fully saturated rings. The van der Waals surface area contributed by atoms with E-state index in [4.69, 9.17) is 5.11 Å². The van der Waals surface area contributed by atoms with Crippen LogP contribution < -0.4 is 5.32 Å². The standard InChI is InChI=1S/C17H19N5O3/c23-15(13-10-17(13)4-8-21(9-5-17)16(24)25)20-12-2-3-14(18-11-12)22-7-1-6-19-22/h1-3,6-7,11,13H,4-5,8-10H2,(H,20,23)(H,24,25). The number of carbonyl (C=O) groups excluding carboxylic acids is 1. The van der Waals surface area contributed by atoms with Gasteiger partial charge in [-0.3, -0.25) is 4.79 Å². The van der Waals surface area contributed by atoms with E-state index in [1.807, 2.05) is 12.1 Å². The smallest absolute Gasteiger partial charge is 0.407 e. The fourth-order valence-electron chi connectivity index (χ4n) is 3.64. The van der Waals surface area contributed by atoms with E-state index in [9.17, 15) is 9.59 Å². The number of nitrogens with zero attached hydrogens (tertiary/aromatic N) is 4. The first-order valence-corrected chi connectivity index (χ1v) is 8.32. The second kappa shape index (κ2) is 5.87. The van der Waals surface area contributed by atoms with Gasteiger partial charge in [-0.1, -0.05) is 0 Å². The number of rotatable bonds is 3. The van der Waals surface area contributed by atoms with Crippen molar-refractivity contribution in [1.82, 2.24) is 19.7 Å². The lowest BCUT2D eigenvalue weighted by Crippen LogP contribution is -2.39. The third-order valence-electron chi connectivity index (χ3n) is 5.29. The highest BCUT2D eigenvalue weighted by Gasteiger charge is 2.58. The fraction of sp³-hybridized carbons (Fsp3) is 0.412. The first kappa shape index (κ1) is 15.6. The van der Waals surface area contributed by atoms with Crippen molar-refractivity contribution in [3.8, 4) is 5.82 Å². The highest BCUT2D eigenvalue weighted by Crippen LogP contribution is 2.59. The van der Waals surface area contributed by atoms with E-state index in [1.54, 1.807) is 29.3 Å². The van der Waals surface area contributed by atoms with E-state index >= 15 is 0 Å². The number of pyridine rings is 1. The molecule has 0 radical (unpaired) electrons. The zero-order valence-corrected chi connectivity index (χ0v) is 13.6. The molecule has 2 N–H and O–H groups in total. The van der Waals surface area contributed by atoms with E-state index in [0.29, 0.717) is 24.6 Å². The van der Waals surface area contributed by atoms with Crippen LogP contribution in [0.2, 0.25) is 0 Å². The summed E-state index contributed by atoms with van der Waals surface area (Å²) >= 11 is 0. The van der Waals surface area contributed by atoms with Gasteiger partial charge in [0, 0.05) is 31.4 Å². The Kier molecular flexibility index (Phi) is 3.67. The molecule has 2 aliphatic rings. The summed E-state index contributed by atoms with van der Waals surface area (Å²) in [7, 11) is 0. The summed E-state index contributed by atoms with van der Waals surface area (Å²) < 4.78 is 1.65. The molecule has 4 rings (SSSR count). The predicted molar refractivity (Wildman–Crippen MR) is 89.4 cm³/mol. The van der Waals surface area contributed by atoms with Gasteiger partial charge in [-0.05, 0) is 42.9 Å². The summed E-state index contributed by atoms with van der Waals surface area (Å²) in [5, 5.41) is 16.1. The molecule has 1 saturated carbocycles. The second-order valence-electron chi connectivity index (χ2n) is 6.73. The average molecular weight is 341 g/mol. The quantitative estimate of drug-likeness (QED) is 0.889. The van der Waals surface area contributed by atoms with E-state index in [0.717, 1.165) is 19.3 Å². The Balaban J connectivity index is 1.35. The summed E-state index contributed by atoms with van der Waals surface area (Å²) in [6, 6.07) is 5.43. The fourth-order valence-corrected chi connectivity index (χ4v) is 3.64. The van der Waals surface area contributed by atoms with Crippen LogP contribution in [0.15, 0.2) is 36.8 Å². The Morgan fingerprint density at radius 2 is 2.08 bits per heavy atom. The number of hydrogen-bond donors (Lipinski definition) is 2. The van der Waals surface area contributed by atoms with Gasteiger partial charge >= 0.3 is 6.09 Å². The Morgan fingerprint density at radius 1 is 1.28 bits per heavy atom. The maximum absolute atomic E-state index is 12.5. The summed E-state index contributed by atoms with van der Waals surface area (Å²) in [6.45, 7) is 1.03. The number of aromatic nitrogens is 3. The van der Waals surface area contributed by atoms with Crippen molar-refractivity contribution in [2.45, 2.75) is 19.3 Å². The topological polar surface area (TPSA) is 100 Å². The lowest BCUT2D eigenvalue weighted by molar-refractivity contribution is -0.118. The molecule has 3 heterocycles. The maximum atomic E-state index is 12.5. The summed E-state index contributed by atoms with van der Waals surface area (Å²) in [5.41, 5.74) is 0.643. The SMILES string of the molecule is O=C(Nc1ccc(-n2cccn2)nc1)C1CC12CCN(C(=O)O)CC2. The first-order chi connectivity index (χ1) is 12.1. The van der Waals surface area contributed by atoms with E-state index in [1.165, 1.54) is 4.90 Å². The molecule has 1 unspecified atom stereocenters. The number of hydrogen-bond acceptors (Lipinski definition) is 4. The third-order valence-corrected chi connectivity index (χ3v) is 5.29. The van der Waals surface area contributed by atoms with Gasteiger partial charge in [0.15, 0.2) is 5.82 Å². The van der Waals surface area contributed by atoms with E-state index < -0.39 is 6.09 Å². The third kappa shape index (κ3) is 2.95. The number of amides is 2. The molecule has 2 amide bonds. The van der Waals surface area contributed by atoms with Crippen molar-refractivity contribution in [3.05, 3.63) is 36.8 Å². The van der Waals surface area contributed by atoms with E-state index in [-0.39, 0.29) is 17.2 Å². The van der Waals surface area contributed by atoms with Crippen LogP contribution in [0.5, 0.6) is 0 Å². The Hall–Kier alpha value is -2.90. The number of likely N-dealkylation sites (tertiary alicyclic amines) is 1. The number of carbonyl (C=O) groups is 2. The Morgan fingerprint density at radius 3 is 2.68 bits per heavy atom. The van der Waals surface area contributed by atoms with Crippen LogP contribution in [0.25, 0.3) is 5.82 Å². The molecule has 0 bridgehead atoms. The van der Waals surface area contributed by atoms with Gasteiger partial charge in [-0.25, -0.2) is 14.5 Å². The molecule has 130 valence electrons. The molecule has 8 nitrogen and oxygen atoms in total. The molecule has 1 aliphatic carbocycles. The summed E-state index contributed by atoms with van der Waals surface area (Å²) in [4.78, 5) is 29.2. The van der Waals surface area contributed by atoms with Gasteiger partial charge in [0.2, 0.25) is 5.91 Å². The summed E-state index contributed by atoms with van der Waals surface area (Å²) in [6.07, 6.45) is 6.58. The largest absolute Gasteiger partial charge is 0.465 e. The van der Waals surface area contributed by atoms with Crippen molar-refractivity contribution >= 4 is 17.7 Å². The monoisotopic (exact) mass is 341 g/mol. The van der Waals surface area contributed by atoms with Crippen LogP contribution in [-0.2, 0) is 4.79 Å². The van der Waals surface area contributed by atoms with Gasteiger partial charge in [0.25, 0.3) is 0 Å². The van der Waals surface area contributed by atoms with Crippen molar-refractivity contribution in [2.24, 2.45) is 11.3 Å². The molecule has 2 aromatic rings. The molecule has 1 aliphatic heterocycles. The van der Waals surface area contributed by atoms with Crippen LogP contribution in [0.4, 0.5) is 10.5 Å². The van der Waals surface area contributed by atoms with Crippen LogP contribution in [0, 0.1) is 11.3 Å². The van der Waals surface area contributed by atoms with Crippen molar-refractivity contribution < 1.29 is 14.7 Å². The van der Waals surface area contributed by atoms with Crippen LogP contribution >= 0.6 is 0 Å². The van der Waals surface area contributed by atoms with Gasteiger partial charge in [0.05, 0.1) is 11.9 Å². The normalized spacial score (nSPS) is 21.1. The molecule has 1 spiro atoms. The Labute approximate surface area is 144 Å². The van der Waals surface area contributed by atoms with Crippen molar-refractivity contribution in [2.75, 3.05) is 18.4 Å². The molecule has 2 aromatic heterocycles. The lowest BCUT2D eigenvalue weighted by atomic mass is 9.91. The highest BCUT2D eigenvalue weighted by atomic mass is 16.4. The molecule has 0 aromatic carbocycles. The minimum atomic E-state index is -0.875. The molecule has 1 atom stereocenters. The second-order valence-corrected chi connectivity index (χ2v) is 6.73. The maximum Gasteiger partial charge on any atom is 0.407 e. The molecule has 8 heteroatoms. The summed E-state index contributed by atoms with van der Waals surface area (Å²) in [5.74, 6) is 0.651. The van der Waals surface area contributed by atoms with Gasteiger partial charge < -0.3 is 15.3 Å². The minimum Gasteiger partial charge on any atom is -0.465 e. The number of anilines is 1. The lowest BCUT2D eigenvalue weighted by Gasteiger charge is -2.30. The molecular weight excluding hydrogens is 322 g/mol. The highest BCUT2D eigenvalue weighted by molar-refractivity contribution is 5.95. The van der Waals surface area contributed by atoms with Gasteiger partial charge in [0.1, 0.15) is 0 Å². The van der Waals surface area contributed by atoms with Crippen LogP contribution in [0.1, 0.15) is 19.3 Å². The van der Waals surface area contributed by atoms with Crippen LogP contribution in [-0.4, -0.2) is 49.9 Å². The zero-order chi connectivity index (χ0) is 17.4. The predicted octanol–water partition coefficient (Wildman–Crippen LogP) is 1.99. The van der Waals surface area contributed by atoms with E-state index in [2.05, 4.69) is 15.4 Å².